The maximum Gasteiger partial charge on any atom is 0.241 e. The van der Waals surface area contributed by atoms with E-state index in [1.807, 2.05) is 38.1 Å². The third kappa shape index (κ3) is 6.15. The van der Waals surface area contributed by atoms with Crippen LogP contribution in [0.2, 0.25) is 5.02 Å². The van der Waals surface area contributed by atoms with Gasteiger partial charge >= 0.3 is 0 Å². The fraction of sp³-hybridized carbons (Fsp3) is 0.316. The van der Waals surface area contributed by atoms with Gasteiger partial charge < -0.3 is 10.1 Å². The molecule has 0 aliphatic carbocycles. The maximum absolute atomic E-state index is 12.3. The first-order valence-corrected chi connectivity index (χ1v) is 10.7. The van der Waals surface area contributed by atoms with Crippen molar-refractivity contribution in [3.05, 3.63) is 58.6 Å². The number of rotatable bonds is 8. The number of hydrogen-bond donors (Lipinski definition) is 1. The molecule has 0 aromatic heterocycles. The lowest BCUT2D eigenvalue weighted by molar-refractivity contribution is -0.119. The molecule has 0 saturated heterocycles. The third-order valence-electron chi connectivity index (χ3n) is 3.85. The fourth-order valence-corrected chi connectivity index (χ4v) is 3.42. The number of hydrogen-bond acceptors (Lipinski definition) is 4. The van der Waals surface area contributed by atoms with Crippen LogP contribution in [0.1, 0.15) is 18.1 Å². The summed E-state index contributed by atoms with van der Waals surface area (Å²) >= 11 is 6.09. The van der Waals surface area contributed by atoms with Crippen LogP contribution in [0, 0.1) is 6.92 Å². The number of sulfonamides is 1. The average Bonchev–Trinajstić information content (AvgIpc) is 2.61. The highest BCUT2D eigenvalue weighted by molar-refractivity contribution is 7.92. The Balaban J connectivity index is 2.04. The van der Waals surface area contributed by atoms with E-state index in [1.54, 1.807) is 12.1 Å². The largest absolute Gasteiger partial charge is 0.494 e. The molecule has 0 aliphatic rings. The van der Waals surface area contributed by atoms with E-state index in [2.05, 4.69) is 5.32 Å². The van der Waals surface area contributed by atoms with Gasteiger partial charge in [0.05, 0.1) is 18.6 Å². The van der Waals surface area contributed by atoms with E-state index in [0.717, 1.165) is 27.4 Å². The molecule has 146 valence electrons. The number of halogens is 1. The lowest BCUT2D eigenvalue weighted by atomic mass is 10.2. The predicted molar refractivity (Wildman–Crippen MR) is 108 cm³/mol. The Morgan fingerprint density at radius 3 is 2.41 bits per heavy atom. The molecule has 27 heavy (non-hydrogen) atoms. The van der Waals surface area contributed by atoms with Gasteiger partial charge in [0.1, 0.15) is 12.3 Å². The monoisotopic (exact) mass is 410 g/mol. The summed E-state index contributed by atoms with van der Waals surface area (Å²) in [6, 6.07) is 12.2. The van der Waals surface area contributed by atoms with E-state index in [0.29, 0.717) is 17.3 Å². The van der Waals surface area contributed by atoms with Gasteiger partial charge in [0.25, 0.3) is 0 Å². The molecule has 0 saturated carbocycles. The van der Waals surface area contributed by atoms with Crippen LogP contribution in [0.15, 0.2) is 42.5 Å². The van der Waals surface area contributed by atoms with Crippen molar-refractivity contribution in [2.24, 2.45) is 0 Å². The summed E-state index contributed by atoms with van der Waals surface area (Å²) in [5, 5.41) is 3.17. The van der Waals surface area contributed by atoms with E-state index in [9.17, 15) is 13.2 Å². The highest BCUT2D eigenvalue weighted by atomic mass is 35.5. The van der Waals surface area contributed by atoms with E-state index >= 15 is 0 Å². The molecule has 1 N–H and O–H groups in total. The van der Waals surface area contributed by atoms with Crippen LogP contribution < -0.4 is 14.4 Å². The summed E-state index contributed by atoms with van der Waals surface area (Å²) in [6.07, 6.45) is 1.06. The minimum absolute atomic E-state index is 0.289. The fourth-order valence-electron chi connectivity index (χ4n) is 2.39. The van der Waals surface area contributed by atoms with Crippen molar-refractivity contribution < 1.29 is 17.9 Å². The predicted octanol–water partition coefficient (Wildman–Crippen LogP) is 3.13. The molecule has 0 bridgehead atoms. The van der Waals surface area contributed by atoms with Gasteiger partial charge in [0.15, 0.2) is 0 Å². The molecule has 0 atom stereocenters. The Labute approximate surface area is 165 Å². The second-order valence-electron chi connectivity index (χ2n) is 6.06. The SMILES string of the molecule is CCOc1ccc(CNC(=O)CN(c2ccc(C)c(Cl)c2)S(C)(=O)=O)cc1. The Morgan fingerprint density at radius 2 is 1.85 bits per heavy atom. The summed E-state index contributed by atoms with van der Waals surface area (Å²) in [6.45, 7) is 4.27. The van der Waals surface area contributed by atoms with Gasteiger partial charge in [-0.05, 0) is 49.2 Å². The minimum Gasteiger partial charge on any atom is -0.494 e. The highest BCUT2D eigenvalue weighted by Crippen LogP contribution is 2.24. The van der Waals surface area contributed by atoms with Crippen LogP contribution in [0.3, 0.4) is 0 Å². The quantitative estimate of drug-likeness (QED) is 0.725. The minimum atomic E-state index is -3.64. The number of carbonyl (C=O) groups excluding carboxylic acids is 1. The van der Waals surface area contributed by atoms with Crippen molar-refractivity contribution in [1.82, 2.24) is 5.32 Å². The first-order chi connectivity index (χ1) is 12.7. The molecule has 1 amide bonds. The van der Waals surface area contributed by atoms with Crippen molar-refractivity contribution in [2.75, 3.05) is 23.7 Å². The molecule has 6 nitrogen and oxygen atoms in total. The average molecular weight is 411 g/mol. The maximum atomic E-state index is 12.3. The molecule has 0 aliphatic heterocycles. The molecule has 0 spiro atoms. The molecule has 2 aromatic rings. The van der Waals surface area contributed by atoms with Crippen molar-refractivity contribution in [3.8, 4) is 5.75 Å². The molecule has 2 rings (SSSR count). The van der Waals surface area contributed by atoms with Gasteiger partial charge in [-0.25, -0.2) is 8.42 Å². The van der Waals surface area contributed by atoms with Crippen LogP contribution >= 0.6 is 11.6 Å². The van der Waals surface area contributed by atoms with Gasteiger partial charge in [0.2, 0.25) is 15.9 Å². The van der Waals surface area contributed by atoms with Crippen molar-refractivity contribution >= 4 is 33.2 Å². The molecule has 0 radical (unpaired) electrons. The number of anilines is 1. The van der Waals surface area contributed by atoms with E-state index in [4.69, 9.17) is 16.3 Å². The topological polar surface area (TPSA) is 75.7 Å². The Hall–Kier alpha value is -2.25. The Morgan fingerprint density at radius 1 is 1.19 bits per heavy atom. The number of carbonyl (C=O) groups is 1. The number of nitrogens with one attached hydrogen (secondary N) is 1. The standard InChI is InChI=1S/C19H23ClN2O4S/c1-4-26-17-9-6-15(7-10-17)12-21-19(23)13-22(27(3,24)25)16-8-5-14(2)18(20)11-16/h5-11H,4,12-13H2,1-3H3,(H,21,23). The number of amides is 1. The number of ether oxygens (including phenoxy) is 1. The molecular formula is C19H23ClN2O4S. The van der Waals surface area contributed by atoms with Crippen molar-refractivity contribution in [2.45, 2.75) is 20.4 Å². The summed E-state index contributed by atoms with van der Waals surface area (Å²) in [4.78, 5) is 12.3. The second kappa shape index (κ2) is 9.10. The highest BCUT2D eigenvalue weighted by Gasteiger charge is 2.21. The first-order valence-electron chi connectivity index (χ1n) is 8.43. The van der Waals surface area contributed by atoms with E-state index in [-0.39, 0.29) is 13.1 Å². The summed E-state index contributed by atoms with van der Waals surface area (Å²) in [5.74, 6) is 0.345. The van der Waals surface area contributed by atoms with Crippen LogP contribution in [0.4, 0.5) is 5.69 Å². The molecule has 0 heterocycles. The zero-order chi connectivity index (χ0) is 20.0. The number of benzene rings is 2. The van der Waals surface area contributed by atoms with Gasteiger partial charge in [-0.2, -0.15) is 0 Å². The Kier molecular flexibility index (Phi) is 7.10. The zero-order valence-electron chi connectivity index (χ0n) is 15.5. The zero-order valence-corrected chi connectivity index (χ0v) is 17.1. The number of nitrogens with zero attached hydrogens (tertiary/aromatic N) is 1. The normalized spacial score (nSPS) is 11.1. The first kappa shape index (κ1) is 21.1. The second-order valence-corrected chi connectivity index (χ2v) is 8.37. The van der Waals surface area contributed by atoms with E-state index < -0.39 is 15.9 Å². The van der Waals surface area contributed by atoms with Crippen LogP contribution in [0.5, 0.6) is 5.75 Å². The van der Waals surface area contributed by atoms with Crippen LogP contribution in [-0.4, -0.2) is 33.7 Å². The van der Waals surface area contributed by atoms with Crippen LogP contribution in [0.25, 0.3) is 0 Å². The summed E-state index contributed by atoms with van der Waals surface area (Å²) in [7, 11) is -3.64. The van der Waals surface area contributed by atoms with Crippen LogP contribution in [-0.2, 0) is 21.4 Å². The Bertz CT molecular complexity index is 898. The molecule has 8 heteroatoms. The van der Waals surface area contributed by atoms with Crippen molar-refractivity contribution in [1.29, 1.82) is 0 Å². The van der Waals surface area contributed by atoms with Gasteiger partial charge in [0, 0.05) is 11.6 Å². The van der Waals surface area contributed by atoms with E-state index in [1.165, 1.54) is 6.07 Å². The lowest BCUT2D eigenvalue weighted by Crippen LogP contribution is -2.40. The molecular weight excluding hydrogens is 388 g/mol. The van der Waals surface area contributed by atoms with Gasteiger partial charge in [-0.1, -0.05) is 29.8 Å². The molecule has 0 fully saturated rings. The smallest absolute Gasteiger partial charge is 0.241 e. The number of aryl methyl sites for hydroxylation is 1. The molecule has 0 unspecified atom stereocenters. The molecule has 2 aromatic carbocycles. The lowest BCUT2D eigenvalue weighted by Gasteiger charge is -2.22. The van der Waals surface area contributed by atoms with Crippen molar-refractivity contribution in [3.63, 3.8) is 0 Å². The summed E-state index contributed by atoms with van der Waals surface area (Å²) in [5.41, 5.74) is 2.06. The summed E-state index contributed by atoms with van der Waals surface area (Å²) < 4.78 is 30.7. The third-order valence-corrected chi connectivity index (χ3v) is 5.40. The van der Waals surface area contributed by atoms with Gasteiger partial charge in [-0.15, -0.1) is 0 Å². The van der Waals surface area contributed by atoms with Gasteiger partial charge in [-0.3, -0.25) is 9.10 Å².